The minimum atomic E-state index is -0.424. The zero-order valence-corrected chi connectivity index (χ0v) is 10.5. The summed E-state index contributed by atoms with van der Waals surface area (Å²) in [5.41, 5.74) is 8.36. The molecule has 0 spiro atoms. The molecule has 17 heavy (non-hydrogen) atoms. The molecule has 0 radical (unpaired) electrons. The van der Waals surface area contributed by atoms with Crippen LogP contribution in [0, 0.1) is 6.92 Å². The van der Waals surface area contributed by atoms with Crippen molar-refractivity contribution in [1.82, 2.24) is 14.8 Å². The van der Waals surface area contributed by atoms with E-state index in [1.165, 1.54) is 5.56 Å². The van der Waals surface area contributed by atoms with Gasteiger partial charge >= 0.3 is 0 Å². The van der Waals surface area contributed by atoms with E-state index < -0.39 is 5.54 Å². The van der Waals surface area contributed by atoms with E-state index in [4.69, 9.17) is 5.73 Å². The molecule has 2 aromatic rings. The number of nitrogens with zero attached hydrogens (tertiary/aromatic N) is 3. The maximum atomic E-state index is 6.42. The Morgan fingerprint density at radius 2 is 2.06 bits per heavy atom. The summed E-state index contributed by atoms with van der Waals surface area (Å²) in [6, 6.07) is 8.20. The molecule has 1 aromatic carbocycles. The Labute approximate surface area is 101 Å². The smallest absolute Gasteiger partial charge is 0.138 e. The predicted molar refractivity (Wildman–Crippen MR) is 67.4 cm³/mol. The van der Waals surface area contributed by atoms with E-state index in [1.54, 1.807) is 11.0 Å². The van der Waals surface area contributed by atoms with Crippen molar-refractivity contribution in [3.05, 3.63) is 47.5 Å². The summed E-state index contributed by atoms with van der Waals surface area (Å²) >= 11 is 0. The minimum Gasteiger partial charge on any atom is -0.321 e. The molecule has 1 aromatic heterocycles. The number of hydrogen-bond acceptors (Lipinski definition) is 3. The normalized spacial score (nSPS) is 14.6. The quantitative estimate of drug-likeness (QED) is 0.870. The van der Waals surface area contributed by atoms with E-state index in [0.717, 1.165) is 11.4 Å². The third-order valence-corrected chi connectivity index (χ3v) is 3.09. The summed E-state index contributed by atoms with van der Waals surface area (Å²) < 4.78 is 1.77. The number of rotatable bonds is 3. The van der Waals surface area contributed by atoms with Crippen molar-refractivity contribution in [3.8, 4) is 0 Å². The summed E-state index contributed by atoms with van der Waals surface area (Å²) in [6.45, 7) is 4.11. The lowest BCUT2D eigenvalue weighted by Crippen LogP contribution is -2.37. The van der Waals surface area contributed by atoms with Gasteiger partial charge in [0, 0.05) is 19.0 Å². The molecule has 1 heterocycles. The topological polar surface area (TPSA) is 56.7 Å². The number of benzene rings is 1. The first-order valence-corrected chi connectivity index (χ1v) is 5.68. The first kappa shape index (κ1) is 11.8. The van der Waals surface area contributed by atoms with Gasteiger partial charge in [-0.05, 0) is 25.0 Å². The maximum Gasteiger partial charge on any atom is 0.138 e. The second-order valence-corrected chi connectivity index (χ2v) is 4.71. The van der Waals surface area contributed by atoms with Crippen molar-refractivity contribution in [1.29, 1.82) is 0 Å². The molecule has 0 aliphatic carbocycles. The van der Waals surface area contributed by atoms with Crippen molar-refractivity contribution >= 4 is 0 Å². The van der Waals surface area contributed by atoms with E-state index in [9.17, 15) is 0 Å². The molecule has 4 heteroatoms. The average molecular weight is 230 g/mol. The van der Waals surface area contributed by atoms with Crippen molar-refractivity contribution in [2.45, 2.75) is 25.8 Å². The van der Waals surface area contributed by atoms with Gasteiger partial charge in [-0.2, -0.15) is 5.10 Å². The van der Waals surface area contributed by atoms with Gasteiger partial charge in [-0.15, -0.1) is 0 Å². The molecule has 2 N–H and O–H groups in total. The fourth-order valence-electron chi connectivity index (χ4n) is 2.12. The number of aryl methyl sites for hydroxylation is 2. The Bertz CT molecular complexity index is 514. The molecule has 1 atom stereocenters. The number of hydrogen-bond donors (Lipinski definition) is 1. The molecule has 4 nitrogen and oxygen atoms in total. The van der Waals surface area contributed by atoms with E-state index in [0.29, 0.717) is 6.42 Å². The van der Waals surface area contributed by atoms with Crippen LogP contribution in [0.3, 0.4) is 0 Å². The van der Waals surface area contributed by atoms with Gasteiger partial charge in [0.05, 0.1) is 0 Å². The van der Waals surface area contributed by atoms with E-state index in [1.807, 2.05) is 26.1 Å². The Morgan fingerprint density at radius 1 is 1.35 bits per heavy atom. The summed E-state index contributed by atoms with van der Waals surface area (Å²) in [5.74, 6) is 0.901. The highest BCUT2D eigenvalue weighted by Crippen LogP contribution is 2.24. The molecular weight excluding hydrogens is 212 g/mol. The van der Waals surface area contributed by atoms with Crippen LogP contribution >= 0.6 is 0 Å². The van der Waals surface area contributed by atoms with Crippen molar-refractivity contribution < 1.29 is 0 Å². The van der Waals surface area contributed by atoms with Crippen molar-refractivity contribution in [3.63, 3.8) is 0 Å². The van der Waals surface area contributed by atoms with E-state index in [2.05, 4.69) is 29.1 Å². The Kier molecular flexibility index (Phi) is 2.98. The zero-order valence-electron chi connectivity index (χ0n) is 10.5. The van der Waals surface area contributed by atoms with Gasteiger partial charge in [-0.1, -0.05) is 24.3 Å². The Morgan fingerprint density at radius 3 is 2.65 bits per heavy atom. The van der Waals surface area contributed by atoms with Crippen LogP contribution < -0.4 is 5.73 Å². The Hall–Kier alpha value is -1.68. The predicted octanol–water partition coefficient (Wildman–Crippen LogP) is 1.54. The second kappa shape index (κ2) is 4.30. The molecular formula is C13H18N4. The minimum absolute atomic E-state index is 0.424. The van der Waals surface area contributed by atoms with Crippen LogP contribution in [0.1, 0.15) is 23.9 Å². The summed E-state index contributed by atoms with van der Waals surface area (Å²) in [5, 5.41) is 4.07. The van der Waals surface area contributed by atoms with Crippen LogP contribution in [0.5, 0.6) is 0 Å². The summed E-state index contributed by atoms with van der Waals surface area (Å²) in [6.07, 6.45) is 2.23. The van der Waals surface area contributed by atoms with Gasteiger partial charge in [-0.25, -0.2) is 4.98 Å². The van der Waals surface area contributed by atoms with Crippen LogP contribution in [0.2, 0.25) is 0 Å². The van der Waals surface area contributed by atoms with E-state index >= 15 is 0 Å². The van der Waals surface area contributed by atoms with Gasteiger partial charge in [0.25, 0.3) is 0 Å². The summed E-state index contributed by atoms with van der Waals surface area (Å²) in [7, 11) is 1.89. The van der Waals surface area contributed by atoms with Crippen LogP contribution in [-0.2, 0) is 19.0 Å². The second-order valence-electron chi connectivity index (χ2n) is 4.71. The molecule has 1 unspecified atom stereocenters. The molecule has 0 saturated carbocycles. The molecule has 90 valence electrons. The molecule has 0 saturated heterocycles. The van der Waals surface area contributed by atoms with Gasteiger partial charge < -0.3 is 5.73 Å². The molecule has 0 aliphatic rings. The van der Waals surface area contributed by atoms with Crippen LogP contribution in [0.4, 0.5) is 0 Å². The molecule has 0 amide bonds. The zero-order chi connectivity index (χ0) is 12.5. The SMILES string of the molecule is Cc1ccccc1C(C)(N)Cc1ncnn1C. The number of aromatic nitrogens is 3. The van der Waals surface area contributed by atoms with Gasteiger partial charge in [-0.3, -0.25) is 4.68 Å². The third-order valence-electron chi connectivity index (χ3n) is 3.09. The summed E-state index contributed by atoms with van der Waals surface area (Å²) in [4.78, 5) is 4.23. The fourth-order valence-corrected chi connectivity index (χ4v) is 2.12. The Balaban J connectivity index is 2.31. The first-order valence-electron chi connectivity index (χ1n) is 5.68. The molecule has 0 aliphatic heterocycles. The lowest BCUT2D eigenvalue weighted by molar-refractivity contribution is 0.463. The van der Waals surface area contributed by atoms with Gasteiger partial charge in [0.15, 0.2) is 0 Å². The lowest BCUT2D eigenvalue weighted by Gasteiger charge is -2.26. The largest absolute Gasteiger partial charge is 0.321 e. The average Bonchev–Trinajstić information content (AvgIpc) is 2.64. The standard InChI is InChI=1S/C13H18N4/c1-10-6-4-5-7-11(10)13(2,14)8-12-15-9-16-17(12)3/h4-7,9H,8,14H2,1-3H3. The first-order chi connectivity index (χ1) is 8.00. The van der Waals surface area contributed by atoms with E-state index in [-0.39, 0.29) is 0 Å². The van der Waals surface area contributed by atoms with Crippen molar-refractivity contribution in [2.24, 2.45) is 12.8 Å². The number of nitrogens with two attached hydrogens (primary N) is 1. The highest BCUT2D eigenvalue weighted by atomic mass is 15.3. The third kappa shape index (κ3) is 2.36. The molecule has 0 fully saturated rings. The molecule has 0 bridgehead atoms. The highest BCUT2D eigenvalue weighted by molar-refractivity contribution is 5.32. The highest BCUT2D eigenvalue weighted by Gasteiger charge is 2.25. The lowest BCUT2D eigenvalue weighted by atomic mass is 9.86. The van der Waals surface area contributed by atoms with Crippen LogP contribution in [0.15, 0.2) is 30.6 Å². The van der Waals surface area contributed by atoms with Crippen LogP contribution in [-0.4, -0.2) is 14.8 Å². The maximum absolute atomic E-state index is 6.42. The fraction of sp³-hybridized carbons (Fsp3) is 0.385. The molecule has 2 rings (SSSR count). The van der Waals surface area contributed by atoms with Crippen LogP contribution in [0.25, 0.3) is 0 Å². The van der Waals surface area contributed by atoms with Gasteiger partial charge in [0.2, 0.25) is 0 Å². The van der Waals surface area contributed by atoms with Gasteiger partial charge in [0.1, 0.15) is 12.2 Å². The van der Waals surface area contributed by atoms with Crippen molar-refractivity contribution in [2.75, 3.05) is 0 Å². The monoisotopic (exact) mass is 230 g/mol.